The van der Waals surface area contributed by atoms with Gasteiger partial charge in [-0.3, -0.25) is 14.5 Å². The summed E-state index contributed by atoms with van der Waals surface area (Å²) in [6.45, 7) is 7.28. The maximum absolute atomic E-state index is 14.3. The van der Waals surface area contributed by atoms with Gasteiger partial charge in [-0.15, -0.1) is 0 Å². The number of nitrogens with zero attached hydrogens (tertiary/aromatic N) is 3. The van der Waals surface area contributed by atoms with Crippen LogP contribution >= 0.6 is 0 Å². The van der Waals surface area contributed by atoms with Gasteiger partial charge in [-0.2, -0.15) is 0 Å². The van der Waals surface area contributed by atoms with Crippen molar-refractivity contribution < 1.29 is 48.5 Å². The SMILES string of the molecule is CC12CC(N3CCN(C(=O)C4CCCN4C(=O)c4ccc5ccccc5c4)CC3)C(OC(=O)c3ccccc3C(=O)O)CC1CCC1C2CCC2(C)C(OC(=O)c3ccccc3C(=O)O)CCC12. The van der Waals surface area contributed by atoms with Crippen LogP contribution in [0.25, 0.3) is 10.8 Å². The van der Waals surface area contributed by atoms with E-state index in [1.807, 2.05) is 47.4 Å². The van der Waals surface area contributed by atoms with Gasteiger partial charge in [-0.1, -0.05) is 68.4 Å². The highest BCUT2D eigenvalue weighted by molar-refractivity contribution is 6.03. The van der Waals surface area contributed by atoms with E-state index in [1.54, 1.807) is 29.2 Å². The maximum atomic E-state index is 14.3. The zero-order valence-corrected chi connectivity index (χ0v) is 38.9. The molecule has 356 valence electrons. The molecule has 6 fully saturated rings. The summed E-state index contributed by atoms with van der Waals surface area (Å²) < 4.78 is 12.7. The molecule has 4 aromatic carbocycles. The first-order valence-corrected chi connectivity index (χ1v) is 24.6. The van der Waals surface area contributed by atoms with Crippen molar-refractivity contribution in [2.45, 2.75) is 102 Å². The van der Waals surface area contributed by atoms with Gasteiger partial charge in [0.2, 0.25) is 5.91 Å². The van der Waals surface area contributed by atoms with E-state index in [2.05, 4.69) is 18.7 Å². The number of aromatic carboxylic acids is 2. The summed E-state index contributed by atoms with van der Waals surface area (Å²) >= 11 is 0. The lowest BCUT2D eigenvalue weighted by Gasteiger charge is -2.62. The number of rotatable bonds is 9. The van der Waals surface area contributed by atoms with E-state index in [0.29, 0.717) is 68.9 Å². The fraction of sp³-hybridized carbons (Fsp3) is 0.491. The van der Waals surface area contributed by atoms with Gasteiger partial charge < -0.3 is 29.5 Å². The van der Waals surface area contributed by atoms with Crippen molar-refractivity contribution in [1.29, 1.82) is 0 Å². The summed E-state index contributed by atoms with van der Waals surface area (Å²) in [6.07, 6.45) is 7.39. The Balaban J connectivity index is 0.864. The van der Waals surface area contributed by atoms with Gasteiger partial charge in [0.1, 0.15) is 18.2 Å². The van der Waals surface area contributed by atoms with Crippen LogP contribution in [0.1, 0.15) is 130 Å². The molecule has 0 aromatic heterocycles. The van der Waals surface area contributed by atoms with Crippen LogP contribution in [0.3, 0.4) is 0 Å². The largest absolute Gasteiger partial charge is 0.478 e. The molecule has 2 N–H and O–H groups in total. The van der Waals surface area contributed by atoms with E-state index >= 15 is 0 Å². The number of fused-ring (bicyclic) bond motifs is 6. The van der Waals surface area contributed by atoms with E-state index in [0.717, 1.165) is 62.1 Å². The summed E-state index contributed by atoms with van der Waals surface area (Å²) in [7, 11) is 0. The number of esters is 2. The fourth-order valence-corrected chi connectivity index (χ4v) is 14.2. The monoisotopic (exact) mass is 923 g/mol. The van der Waals surface area contributed by atoms with Crippen molar-refractivity contribution in [3.05, 3.63) is 119 Å². The van der Waals surface area contributed by atoms with Gasteiger partial charge >= 0.3 is 23.9 Å². The van der Waals surface area contributed by atoms with Crippen LogP contribution in [-0.2, 0) is 14.3 Å². The third kappa shape index (κ3) is 8.03. The predicted octanol–water partition coefficient (Wildman–Crippen LogP) is 8.46. The van der Waals surface area contributed by atoms with Gasteiger partial charge in [-0.25, -0.2) is 19.2 Å². The van der Waals surface area contributed by atoms with Crippen molar-refractivity contribution in [3.63, 3.8) is 0 Å². The van der Waals surface area contributed by atoms with Crippen LogP contribution < -0.4 is 0 Å². The van der Waals surface area contributed by atoms with Crippen molar-refractivity contribution in [2.75, 3.05) is 32.7 Å². The minimum Gasteiger partial charge on any atom is -0.478 e. The van der Waals surface area contributed by atoms with Crippen LogP contribution in [0.4, 0.5) is 0 Å². The molecule has 13 heteroatoms. The Morgan fingerprint density at radius 3 is 1.91 bits per heavy atom. The molecule has 2 aliphatic heterocycles. The Hall–Kier alpha value is -6.08. The number of hydrogen-bond acceptors (Lipinski definition) is 9. The molecular weight excluding hydrogens is 863 g/mol. The lowest BCUT2D eigenvalue weighted by Crippen LogP contribution is -2.63. The first kappa shape index (κ1) is 45.7. The molecular formula is C55H61N3O10. The molecule has 10 rings (SSSR count). The van der Waals surface area contributed by atoms with E-state index in [9.17, 15) is 39.0 Å². The molecule has 4 aliphatic carbocycles. The van der Waals surface area contributed by atoms with E-state index in [-0.39, 0.29) is 63.0 Å². The fourth-order valence-electron chi connectivity index (χ4n) is 14.2. The summed E-state index contributed by atoms with van der Waals surface area (Å²) in [5, 5.41) is 21.8. The molecule has 10 atom stereocenters. The molecule has 2 heterocycles. The molecule has 4 aromatic rings. The normalized spacial score (nSPS) is 31.3. The smallest absolute Gasteiger partial charge is 0.339 e. The van der Waals surface area contributed by atoms with E-state index < -0.39 is 36.0 Å². The second-order valence-electron chi connectivity index (χ2n) is 20.9. The minimum atomic E-state index is -1.19. The minimum absolute atomic E-state index is 0.0278. The highest BCUT2D eigenvalue weighted by atomic mass is 16.5. The van der Waals surface area contributed by atoms with Crippen LogP contribution in [0.5, 0.6) is 0 Å². The number of hydrogen-bond donors (Lipinski definition) is 2. The Morgan fingerprint density at radius 2 is 1.24 bits per heavy atom. The molecule has 13 nitrogen and oxygen atoms in total. The Kier molecular flexibility index (Phi) is 12.2. The standard InChI is InChI=1S/C55H61N3O10/c1-54-24-23-43-41(42(54)21-22-47(54)68-53(66)40-15-8-6-13-38(40)51(63)64)20-19-36-31-46(67-52(65)39-14-7-5-12-37(39)50(61)62)45(32-55(36,43)2)56-26-28-57(29-27-56)49(60)44-16-9-25-58(44)48(59)35-18-17-33-10-3-4-11-34(33)30-35/h3-8,10-15,17-18,30,36,41-47H,9,16,19-29,31-32H2,1-2H3,(H,61,62)(H,63,64). The number of carbonyl (C=O) groups is 6. The number of ether oxygens (including phenoxy) is 2. The number of carboxylic acids is 2. The number of carbonyl (C=O) groups excluding carboxylic acids is 4. The van der Waals surface area contributed by atoms with Crippen LogP contribution in [0.2, 0.25) is 0 Å². The summed E-state index contributed by atoms with van der Waals surface area (Å²) in [5.41, 5.74) is 0.158. The van der Waals surface area contributed by atoms with Crippen LogP contribution in [0.15, 0.2) is 91.0 Å². The van der Waals surface area contributed by atoms with Crippen LogP contribution in [-0.4, -0.2) is 118 Å². The van der Waals surface area contributed by atoms with Crippen molar-refractivity contribution in [3.8, 4) is 0 Å². The highest BCUT2D eigenvalue weighted by Crippen LogP contribution is 2.67. The molecule has 0 radical (unpaired) electrons. The average molecular weight is 924 g/mol. The summed E-state index contributed by atoms with van der Waals surface area (Å²) in [5.74, 6) is -2.40. The molecule has 6 aliphatic rings. The summed E-state index contributed by atoms with van der Waals surface area (Å²) in [4.78, 5) is 86.1. The quantitative estimate of drug-likeness (QED) is 0.154. The lowest BCUT2D eigenvalue weighted by molar-refractivity contribution is -0.158. The zero-order valence-electron chi connectivity index (χ0n) is 38.9. The predicted molar refractivity (Wildman–Crippen MR) is 252 cm³/mol. The average Bonchev–Trinajstić information content (AvgIpc) is 3.98. The van der Waals surface area contributed by atoms with Gasteiger partial charge in [0, 0.05) is 49.7 Å². The maximum Gasteiger partial charge on any atom is 0.339 e. The van der Waals surface area contributed by atoms with Crippen molar-refractivity contribution in [2.24, 2.45) is 34.5 Å². The Labute approximate surface area is 396 Å². The number of benzene rings is 4. The van der Waals surface area contributed by atoms with Crippen molar-refractivity contribution in [1.82, 2.24) is 14.7 Å². The molecule has 2 saturated heterocycles. The highest BCUT2D eigenvalue weighted by Gasteiger charge is 2.63. The third-order valence-corrected chi connectivity index (χ3v) is 17.7. The third-order valence-electron chi connectivity index (χ3n) is 17.7. The number of likely N-dealkylation sites (tertiary alicyclic amines) is 1. The van der Waals surface area contributed by atoms with Gasteiger partial charge in [-0.05, 0) is 140 Å². The molecule has 0 spiro atoms. The summed E-state index contributed by atoms with van der Waals surface area (Å²) in [6, 6.07) is 25.3. The van der Waals surface area contributed by atoms with Gasteiger partial charge in [0.15, 0.2) is 0 Å². The number of amides is 2. The van der Waals surface area contributed by atoms with Crippen LogP contribution in [0, 0.1) is 34.5 Å². The van der Waals surface area contributed by atoms with Crippen molar-refractivity contribution >= 4 is 46.5 Å². The molecule has 0 bridgehead atoms. The molecule has 10 unspecified atom stereocenters. The van der Waals surface area contributed by atoms with Gasteiger partial charge in [0.25, 0.3) is 5.91 Å². The lowest BCUT2D eigenvalue weighted by atomic mass is 9.44. The molecule has 2 amide bonds. The molecule has 4 saturated carbocycles. The Morgan fingerprint density at radius 1 is 0.618 bits per heavy atom. The van der Waals surface area contributed by atoms with Gasteiger partial charge in [0.05, 0.1) is 22.3 Å². The first-order valence-electron chi connectivity index (χ1n) is 24.6. The Bertz CT molecular complexity index is 2660. The number of piperazine rings is 1. The number of carboxylic acid groups (broad SMARTS) is 2. The second kappa shape index (κ2) is 18.1. The molecule has 68 heavy (non-hydrogen) atoms. The topological polar surface area (TPSA) is 171 Å². The van der Waals surface area contributed by atoms with E-state index in [4.69, 9.17) is 9.47 Å². The zero-order chi connectivity index (χ0) is 47.5. The second-order valence-corrected chi connectivity index (χ2v) is 20.9. The first-order chi connectivity index (χ1) is 32.7. The van der Waals surface area contributed by atoms with E-state index in [1.165, 1.54) is 24.3 Å².